The summed E-state index contributed by atoms with van der Waals surface area (Å²) in [6.45, 7) is 11.6. The van der Waals surface area contributed by atoms with Gasteiger partial charge in [-0.2, -0.15) is 5.10 Å². The molecule has 0 spiro atoms. The van der Waals surface area contributed by atoms with Crippen molar-refractivity contribution in [1.82, 2.24) is 20.0 Å². The number of nitrogens with zero attached hydrogens (tertiary/aromatic N) is 3. The second-order valence-corrected chi connectivity index (χ2v) is 9.33. The molecule has 1 heterocycles. The molecule has 1 aromatic heterocycles. The molecule has 1 aliphatic rings. The molecule has 1 aliphatic carbocycles. The number of likely N-dealkylation sites (N-methyl/N-ethyl adjacent to an activating group) is 2. The molecule has 1 fully saturated rings. The zero-order valence-electron chi connectivity index (χ0n) is 19.2. The highest BCUT2D eigenvalue weighted by Crippen LogP contribution is 2.36. The number of ether oxygens (including phenoxy) is 2. The number of aromatic amines is 1. The van der Waals surface area contributed by atoms with Crippen molar-refractivity contribution in [1.29, 1.82) is 0 Å². The van der Waals surface area contributed by atoms with Crippen LogP contribution in [-0.2, 0) is 16.0 Å². The fourth-order valence-electron chi connectivity index (χ4n) is 3.82. The summed E-state index contributed by atoms with van der Waals surface area (Å²) in [6.07, 6.45) is 6.50. The lowest BCUT2D eigenvalue weighted by Crippen LogP contribution is -2.38. The monoisotopic (exact) mass is 408 g/mol. The summed E-state index contributed by atoms with van der Waals surface area (Å²) in [7, 11) is 3.87. The minimum Gasteiger partial charge on any atom is -0.444 e. The third-order valence-corrected chi connectivity index (χ3v) is 5.53. The second kappa shape index (κ2) is 11.0. The maximum Gasteiger partial charge on any atom is 0.410 e. The highest BCUT2D eigenvalue weighted by atomic mass is 16.6. The molecule has 0 aliphatic heterocycles. The number of nitrogens with one attached hydrogen (secondary N) is 1. The first-order valence-corrected chi connectivity index (χ1v) is 10.9. The smallest absolute Gasteiger partial charge is 0.410 e. The van der Waals surface area contributed by atoms with E-state index in [1.807, 2.05) is 27.0 Å². The number of carbonyl (C=O) groups is 1. The Morgan fingerprint density at radius 1 is 1.21 bits per heavy atom. The van der Waals surface area contributed by atoms with Crippen molar-refractivity contribution >= 4 is 6.09 Å². The second-order valence-electron chi connectivity index (χ2n) is 9.33. The van der Waals surface area contributed by atoms with Gasteiger partial charge in [0.25, 0.3) is 0 Å². The lowest BCUT2D eigenvalue weighted by molar-refractivity contribution is 0.0286. The third kappa shape index (κ3) is 7.97. The van der Waals surface area contributed by atoms with Crippen LogP contribution in [0.15, 0.2) is 6.20 Å². The molecule has 1 amide bonds. The molecule has 0 unspecified atom stereocenters. The highest BCUT2D eigenvalue weighted by molar-refractivity contribution is 5.67. The van der Waals surface area contributed by atoms with E-state index in [1.165, 1.54) is 36.9 Å². The van der Waals surface area contributed by atoms with Crippen LogP contribution in [0.2, 0.25) is 0 Å². The first-order chi connectivity index (χ1) is 13.7. The van der Waals surface area contributed by atoms with Gasteiger partial charge in [0.15, 0.2) is 0 Å². The Kier molecular flexibility index (Phi) is 8.96. The number of hydrogen-bond acceptors (Lipinski definition) is 5. The van der Waals surface area contributed by atoms with Gasteiger partial charge in [0.1, 0.15) is 5.60 Å². The summed E-state index contributed by atoms with van der Waals surface area (Å²) in [5.41, 5.74) is 2.08. The Hall–Kier alpha value is -1.60. The summed E-state index contributed by atoms with van der Waals surface area (Å²) in [6, 6.07) is 0. The normalized spacial score (nSPS) is 20.1. The van der Waals surface area contributed by atoms with Gasteiger partial charge in [-0.3, -0.25) is 5.10 Å². The van der Waals surface area contributed by atoms with Crippen molar-refractivity contribution in [3.63, 3.8) is 0 Å². The largest absolute Gasteiger partial charge is 0.444 e. The van der Waals surface area contributed by atoms with Crippen LogP contribution in [0.25, 0.3) is 0 Å². The SMILES string of the molecule is CCOCC1CCC(c2[nH]ncc2CN(C)CCN(C)C(=O)OC(C)(C)C)CC1. The molecule has 0 aromatic carbocycles. The molecule has 0 saturated heterocycles. The molecule has 1 N–H and O–H groups in total. The van der Waals surface area contributed by atoms with Crippen LogP contribution >= 0.6 is 0 Å². The van der Waals surface area contributed by atoms with Crippen LogP contribution in [0.5, 0.6) is 0 Å². The average Bonchev–Trinajstić information content (AvgIpc) is 3.11. The van der Waals surface area contributed by atoms with E-state index < -0.39 is 5.60 Å². The maximum atomic E-state index is 12.1. The molecule has 166 valence electrons. The van der Waals surface area contributed by atoms with Gasteiger partial charge >= 0.3 is 6.09 Å². The van der Waals surface area contributed by atoms with Crippen LogP contribution in [0, 0.1) is 5.92 Å². The Morgan fingerprint density at radius 2 is 1.90 bits per heavy atom. The number of carbonyl (C=O) groups excluding carboxylic acids is 1. The zero-order valence-corrected chi connectivity index (χ0v) is 19.2. The quantitative estimate of drug-likeness (QED) is 0.668. The predicted octanol–water partition coefficient (Wildman–Crippen LogP) is 4.02. The molecular weight excluding hydrogens is 368 g/mol. The topological polar surface area (TPSA) is 70.7 Å². The van der Waals surface area contributed by atoms with Gasteiger partial charge < -0.3 is 19.3 Å². The summed E-state index contributed by atoms with van der Waals surface area (Å²) in [5.74, 6) is 1.26. The van der Waals surface area contributed by atoms with Crippen molar-refractivity contribution in [2.24, 2.45) is 5.92 Å². The van der Waals surface area contributed by atoms with E-state index >= 15 is 0 Å². The molecule has 1 saturated carbocycles. The predicted molar refractivity (Wildman–Crippen MR) is 115 cm³/mol. The number of aromatic nitrogens is 2. The van der Waals surface area contributed by atoms with E-state index in [0.29, 0.717) is 18.4 Å². The van der Waals surface area contributed by atoms with E-state index in [9.17, 15) is 4.79 Å². The van der Waals surface area contributed by atoms with Crippen LogP contribution in [0.3, 0.4) is 0 Å². The van der Waals surface area contributed by atoms with Gasteiger partial charge in [0.05, 0.1) is 6.20 Å². The molecular formula is C22H40N4O3. The van der Waals surface area contributed by atoms with Crippen molar-refractivity contribution in [2.45, 2.75) is 71.4 Å². The van der Waals surface area contributed by atoms with E-state index in [2.05, 4.69) is 29.1 Å². The first kappa shape index (κ1) is 23.7. The third-order valence-electron chi connectivity index (χ3n) is 5.53. The minimum atomic E-state index is -0.468. The molecule has 7 heteroatoms. The molecule has 2 rings (SSSR count). The van der Waals surface area contributed by atoms with Gasteiger partial charge in [-0.25, -0.2) is 4.79 Å². The summed E-state index contributed by atoms with van der Waals surface area (Å²) >= 11 is 0. The van der Waals surface area contributed by atoms with Crippen LogP contribution in [0.1, 0.15) is 70.6 Å². The van der Waals surface area contributed by atoms with E-state index in [0.717, 1.165) is 26.3 Å². The number of rotatable bonds is 9. The standard InChI is InChI=1S/C22H40N4O3/c1-7-28-16-17-8-10-18(11-9-17)20-19(14-23-24-20)15-25(5)12-13-26(6)21(27)29-22(2,3)4/h14,17-18H,7-13,15-16H2,1-6H3,(H,23,24). The summed E-state index contributed by atoms with van der Waals surface area (Å²) in [5, 5.41) is 7.58. The average molecular weight is 409 g/mol. The van der Waals surface area contributed by atoms with Crippen LogP contribution < -0.4 is 0 Å². The summed E-state index contributed by atoms with van der Waals surface area (Å²) < 4.78 is 11.0. The molecule has 0 bridgehead atoms. The van der Waals surface area contributed by atoms with Gasteiger partial charge in [-0.05, 0) is 66.3 Å². The Balaban J connectivity index is 1.80. The lowest BCUT2D eigenvalue weighted by Gasteiger charge is -2.29. The minimum absolute atomic E-state index is 0.279. The van der Waals surface area contributed by atoms with E-state index in [1.54, 1.807) is 11.9 Å². The van der Waals surface area contributed by atoms with Gasteiger partial charge in [-0.15, -0.1) is 0 Å². The van der Waals surface area contributed by atoms with E-state index in [4.69, 9.17) is 9.47 Å². The van der Waals surface area contributed by atoms with Crippen molar-refractivity contribution < 1.29 is 14.3 Å². The fraction of sp³-hybridized carbons (Fsp3) is 0.818. The molecule has 0 radical (unpaired) electrons. The van der Waals surface area contributed by atoms with Gasteiger partial charge in [0.2, 0.25) is 0 Å². The Bertz CT molecular complexity index is 618. The fourth-order valence-corrected chi connectivity index (χ4v) is 3.82. The number of H-pyrrole nitrogens is 1. The molecule has 1 aromatic rings. The van der Waals surface area contributed by atoms with Gasteiger partial charge in [-0.1, -0.05) is 0 Å². The van der Waals surface area contributed by atoms with Crippen molar-refractivity contribution in [3.8, 4) is 0 Å². The number of hydrogen-bond donors (Lipinski definition) is 1. The highest BCUT2D eigenvalue weighted by Gasteiger charge is 2.26. The first-order valence-electron chi connectivity index (χ1n) is 10.9. The van der Waals surface area contributed by atoms with Gasteiger partial charge in [0, 0.05) is 57.1 Å². The van der Waals surface area contributed by atoms with Crippen molar-refractivity contribution in [3.05, 3.63) is 17.5 Å². The maximum absolute atomic E-state index is 12.1. The van der Waals surface area contributed by atoms with E-state index in [-0.39, 0.29) is 6.09 Å². The summed E-state index contributed by atoms with van der Waals surface area (Å²) in [4.78, 5) is 16.0. The van der Waals surface area contributed by atoms with Crippen LogP contribution in [-0.4, -0.2) is 72.1 Å². The molecule has 29 heavy (non-hydrogen) atoms. The number of amides is 1. The molecule has 7 nitrogen and oxygen atoms in total. The lowest BCUT2D eigenvalue weighted by atomic mass is 9.80. The Morgan fingerprint density at radius 3 is 2.52 bits per heavy atom. The Labute approximate surface area is 176 Å². The van der Waals surface area contributed by atoms with Crippen LogP contribution in [0.4, 0.5) is 4.79 Å². The van der Waals surface area contributed by atoms with Crippen molar-refractivity contribution in [2.75, 3.05) is 40.4 Å². The zero-order chi connectivity index (χ0) is 21.4. The molecule has 0 atom stereocenters.